The predicted molar refractivity (Wildman–Crippen MR) is 59.9 cm³/mol. The minimum Gasteiger partial charge on any atom is -0.480 e. The first-order chi connectivity index (χ1) is 8.64. The Morgan fingerprint density at radius 1 is 1.33 bits per heavy atom. The van der Waals surface area contributed by atoms with Crippen LogP contribution in [-0.2, 0) is 9.53 Å². The zero-order valence-electron chi connectivity index (χ0n) is 9.63. The highest BCUT2D eigenvalue weighted by Gasteiger charge is 2.41. The molecule has 2 heterocycles. The lowest BCUT2D eigenvalue weighted by atomic mass is 9.90. The molecule has 0 unspecified atom stereocenters. The fourth-order valence-electron chi connectivity index (χ4n) is 1.83. The van der Waals surface area contributed by atoms with Gasteiger partial charge < -0.3 is 15.2 Å². The number of nitrogens with one attached hydrogen (secondary N) is 1. The number of carbonyl (C=O) groups is 2. The standard InChI is InChI=1S/C11H13N3O4/c15-9(8-1-4-12-13-7-8)14-11(10(16)17)2-5-18-6-3-11/h1,4,7H,2-3,5-6H2,(H,14,15)(H,16,17). The molecule has 0 bridgehead atoms. The number of carbonyl (C=O) groups excluding carboxylic acids is 1. The van der Waals surface area contributed by atoms with Crippen LogP contribution in [0.1, 0.15) is 23.2 Å². The molecule has 1 aliphatic heterocycles. The van der Waals surface area contributed by atoms with Gasteiger partial charge in [-0.2, -0.15) is 10.2 Å². The first kappa shape index (κ1) is 12.4. The lowest BCUT2D eigenvalue weighted by Crippen LogP contribution is -2.57. The number of ether oxygens (including phenoxy) is 1. The Morgan fingerprint density at radius 3 is 2.61 bits per heavy atom. The highest BCUT2D eigenvalue weighted by molar-refractivity contribution is 5.97. The maximum Gasteiger partial charge on any atom is 0.329 e. The number of hydrogen-bond donors (Lipinski definition) is 2. The van der Waals surface area contributed by atoms with Crippen LogP contribution in [-0.4, -0.2) is 45.9 Å². The summed E-state index contributed by atoms with van der Waals surface area (Å²) in [4.78, 5) is 23.3. The molecule has 1 aromatic rings. The van der Waals surface area contributed by atoms with E-state index in [1.54, 1.807) is 0 Å². The zero-order chi connectivity index (χ0) is 13.0. The Hall–Kier alpha value is -2.02. The zero-order valence-corrected chi connectivity index (χ0v) is 9.63. The van der Waals surface area contributed by atoms with Crippen LogP contribution in [0.3, 0.4) is 0 Å². The minimum absolute atomic E-state index is 0.257. The second-order valence-corrected chi connectivity index (χ2v) is 4.08. The van der Waals surface area contributed by atoms with Gasteiger partial charge in [0.25, 0.3) is 5.91 Å². The SMILES string of the molecule is O=C(NC1(C(=O)O)CCOCC1)c1ccnnc1. The second kappa shape index (κ2) is 5.09. The van der Waals surface area contributed by atoms with Crippen molar-refractivity contribution in [2.45, 2.75) is 18.4 Å². The summed E-state index contributed by atoms with van der Waals surface area (Å²) in [6.45, 7) is 0.641. The van der Waals surface area contributed by atoms with Gasteiger partial charge in [-0.05, 0) is 6.07 Å². The van der Waals surface area contributed by atoms with Crippen LogP contribution in [0.15, 0.2) is 18.5 Å². The first-order valence-corrected chi connectivity index (χ1v) is 5.54. The lowest BCUT2D eigenvalue weighted by Gasteiger charge is -2.33. The molecule has 18 heavy (non-hydrogen) atoms. The molecule has 1 fully saturated rings. The Kier molecular flexibility index (Phi) is 3.52. The number of carboxylic acid groups (broad SMARTS) is 1. The molecule has 2 rings (SSSR count). The quantitative estimate of drug-likeness (QED) is 0.774. The first-order valence-electron chi connectivity index (χ1n) is 5.54. The van der Waals surface area contributed by atoms with E-state index in [1.165, 1.54) is 18.5 Å². The molecular weight excluding hydrogens is 238 g/mol. The number of rotatable bonds is 3. The average Bonchev–Trinajstić information content (AvgIpc) is 2.40. The number of nitrogens with zero attached hydrogens (tertiary/aromatic N) is 2. The topological polar surface area (TPSA) is 101 Å². The third-order valence-electron chi connectivity index (χ3n) is 2.95. The Bertz CT molecular complexity index is 443. The van der Waals surface area contributed by atoms with Crippen LogP contribution in [0.4, 0.5) is 0 Å². The van der Waals surface area contributed by atoms with Crippen molar-refractivity contribution in [3.8, 4) is 0 Å². The van der Waals surface area contributed by atoms with Gasteiger partial charge in [0.05, 0.1) is 18.0 Å². The van der Waals surface area contributed by atoms with Crippen LogP contribution in [0.2, 0.25) is 0 Å². The molecule has 0 saturated carbocycles. The van der Waals surface area contributed by atoms with Crippen LogP contribution in [0, 0.1) is 0 Å². The summed E-state index contributed by atoms with van der Waals surface area (Å²) in [5.74, 6) is -1.50. The number of carboxylic acids is 1. The van der Waals surface area contributed by atoms with Gasteiger partial charge in [0.1, 0.15) is 5.54 Å². The molecule has 2 N–H and O–H groups in total. The van der Waals surface area contributed by atoms with Crippen LogP contribution < -0.4 is 5.32 Å². The summed E-state index contributed by atoms with van der Waals surface area (Å²) < 4.78 is 5.13. The van der Waals surface area contributed by atoms with E-state index < -0.39 is 17.4 Å². The van der Waals surface area contributed by atoms with Crippen molar-refractivity contribution in [3.63, 3.8) is 0 Å². The molecule has 1 aromatic heterocycles. The highest BCUT2D eigenvalue weighted by atomic mass is 16.5. The van der Waals surface area contributed by atoms with Crippen LogP contribution in [0.25, 0.3) is 0 Å². The smallest absolute Gasteiger partial charge is 0.329 e. The summed E-state index contributed by atoms with van der Waals surface area (Å²) in [5, 5.41) is 19.0. The molecule has 0 atom stereocenters. The second-order valence-electron chi connectivity index (χ2n) is 4.08. The van der Waals surface area contributed by atoms with Crippen molar-refractivity contribution < 1.29 is 19.4 Å². The van der Waals surface area contributed by atoms with Crippen LogP contribution in [0.5, 0.6) is 0 Å². The van der Waals surface area contributed by atoms with Crippen molar-refractivity contribution >= 4 is 11.9 Å². The Balaban J connectivity index is 2.15. The summed E-state index contributed by atoms with van der Waals surface area (Å²) in [6.07, 6.45) is 3.19. The maximum atomic E-state index is 11.9. The summed E-state index contributed by atoms with van der Waals surface area (Å²) >= 11 is 0. The van der Waals surface area contributed by atoms with Gasteiger partial charge in [-0.25, -0.2) is 4.79 Å². The van der Waals surface area contributed by atoms with Crippen molar-refractivity contribution in [3.05, 3.63) is 24.0 Å². The fraction of sp³-hybridized carbons (Fsp3) is 0.455. The van der Waals surface area contributed by atoms with Crippen molar-refractivity contribution in [1.82, 2.24) is 15.5 Å². The van der Waals surface area contributed by atoms with Gasteiger partial charge in [0.15, 0.2) is 0 Å². The number of aromatic nitrogens is 2. The molecule has 0 radical (unpaired) electrons. The van der Waals surface area contributed by atoms with E-state index in [-0.39, 0.29) is 18.4 Å². The molecule has 0 spiro atoms. The summed E-state index contributed by atoms with van der Waals surface area (Å²) in [5.41, 5.74) is -0.962. The molecule has 1 saturated heterocycles. The molecule has 96 valence electrons. The van der Waals surface area contributed by atoms with Crippen molar-refractivity contribution in [2.24, 2.45) is 0 Å². The molecule has 7 heteroatoms. The number of aliphatic carboxylic acids is 1. The molecule has 7 nitrogen and oxygen atoms in total. The monoisotopic (exact) mass is 251 g/mol. The third kappa shape index (κ3) is 2.45. The number of hydrogen-bond acceptors (Lipinski definition) is 5. The Labute approximate surface area is 103 Å². The van der Waals surface area contributed by atoms with Gasteiger partial charge in [0.2, 0.25) is 0 Å². The van der Waals surface area contributed by atoms with E-state index in [0.29, 0.717) is 13.2 Å². The van der Waals surface area contributed by atoms with Crippen molar-refractivity contribution in [1.29, 1.82) is 0 Å². The van der Waals surface area contributed by atoms with Gasteiger partial charge in [-0.3, -0.25) is 4.79 Å². The van der Waals surface area contributed by atoms with Crippen LogP contribution >= 0.6 is 0 Å². The van der Waals surface area contributed by atoms with E-state index in [1.807, 2.05) is 0 Å². The predicted octanol–water partition coefficient (Wildman–Crippen LogP) is -0.160. The van der Waals surface area contributed by atoms with Gasteiger partial charge >= 0.3 is 5.97 Å². The Morgan fingerprint density at radius 2 is 2.06 bits per heavy atom. The molecular formula is C11H13N3O4. The number of amides is 1. The van der Waals surface area contributed by atoms with Crippen molar-refractivity contribution in [2.75, 3.05) is 13.2 Å². The largest absolute Gasteiger partial charge is 0.480 e. The van der Waals surface area contributed by atoms with E-state index in [0.717, 1.165) is 0 Å². The van der Waals surface area contributed by atoms with E-state index in [4.69, 9.17) is 4.74 Å². The summed E-state index contributed by atoms with van der Waals surface area (Å²) in [7, 11) is 0. The van der Waals surface area contributed by atoms with Gasteiger partial charge in [0, 0.05) is 26.1 Å². The normalized spacial score (nSPS) is 18.0. The molecule has 1 aliphatic rings. The highest BCUT2D eigenvalue weighted by Crippen LogP contribution is 2.21. The minimum atomic E-state index is -1.25. The molecule has 0 aliphatic carbocycles. The summed E-state index contributed by atoms with van der Waals surface area (Å²) in [6, 6.07) is 1.48. The van der Waals surface area contributed by atoms with E-state index >= 15 is 0 Å². The fourth-order valence-corrected chi connectivity index (χ4v) is 1.83. The maximum absolute atomic E-state index is 11.9. The van der Waals surface area contributed by atoms with E-state index in [9.17, 15) is 14.7 Å². The average molecular weight is 251 g/mol. The van der Waals surface area contributed by atoms with Gasteiger partial charge in [-0.15, -0.1) is 0 Å². The van der Waals surface area contributed by atoms with Gasteiger partial charge in [-0.1, -0.05) is 0 Å². The van der Waals surface area contributed by atoms with E-state index in [2.05, 4.69) is 15.5 Å². The third-order valence-corrected chi connectivity index (χ3v) is 2.95. The molecule has 1 amide bonds. The molecule has 0 aromatic carbocycles. The lowest BCUT2D eigenvalue weighted by molar-refractivity contribution is -0.148.